The summed E-state index contributed by atoms with van der Waals surface area (Å²) in [5.41, 5.74) is 0. The van der Waals surface area contributed by atoms with Crippen LogP contribution in [0.2, 0.25) is 0 Å². The van der Waals surface area contributed by atoms with Gasteiger partial charge in [-0.25, -0.2) is 9.78 Å². The summed E-state index contributed by atoms with van der Waals surface area (Å²) in [5, 5.41) is 0.937. The average Bonchev–Trinajstić information content (AvgIpc) is 2.78. The van der Waals surface area contributed by atoms with Gasteiger partial charge in [-0.3, -0.25) is 0 Å². The first-order chi connectivity index (χ1) is 7.70. The van der Waals surface area contributed by atoms with Crippen molar-refractivity contribution < 1.29 is 9.53 Å². The molecule has 0 radical (unpaired) electrons. The van der Waals surface area contributed by atoms with Crippen LogP contribution in [0.3, 0.4) is 0 Å². The molecule has 88 valence electrons. The number of anilines is 1. The van der Waals surface area contributed by atoms with Crippen LogP contribution in [0.5, 0.6) is 0 Å². The topological polar surface area (TPSA) is 42.4 Å². The molecule has 0 bridgehead atoms. The predicted molar refractivity (Wildman–Crippen MR) is 64.1 cm³/mol. The van der Waals surface area contributed by atoms with E-state index in [9.17, 15) is 4.79 Å². The van der Waals surface area contributed by atoms with Gasteiger partial charge in [0.1, 0.15) is 4.88 Å². The summed E-state index contributed by atoms with van der Waals surface area (Å²) in [7, 11) is 1.39. The van der Waals surface area contributed by atoms with E-state index in [2.05, 4.69) is 21.5 Å². The first kappa shape index (κ1) is 11.4. The Morgan fingerprint density at radius 3 is 2.88 bits per heavy atom. The van der Waals surface area contributed by atoms with E-state index < -0.39 is 0 Å². The molecule has 1 aromatic heterocycles. The van der Waals surface area contributed by atoms with E-state index in [1.165, 1.54) is 31.3 Å². The van der Waals surface area contributed by atoms with Gasteiger partial charge in [0.2, 0.25) is 0 Å². The van der Waals surface area contributed by atoms with Gasteiger partial charge in [-0.2, -0.15) is 0 Å². The maximum atomic E-state index is 11.3. The Bertz CT molecular complexity index is 370. The van der Waals surface area contributed by atoms with Crippen molar-refractivity contribution in [1.29, 1.82) is 0 Å². The van der Waals surface area contributed by atoms with Gasteiger partial charge in [-0.15, -0.1) is 0 Å². The summed E-state index contributed by atoms with van der Waals surface area (Å²) < 4.78 is 4.67. The van der Waals surface area contributed by atoms with Crippen molar-refractivity contribution in [3.8, 4) is 0 Å². The molecule has 1 fully saturated rings. The van der Waals surface area contributed by atoms with Crippen LogP contribution >= 0.6 is 11.3 Å². The third-order valence-electron chi connectivity index (χ3n) is 2.93. The number of ether oxygens (including phenoxy) is 1. The molecule has 0 N–H and O–H groups in total. The number of carbonyl (C=O) groups excluding carboxylic acids is 1. The smallest absolute Gasteiger partial charge is 0.349 e. The van der Waals surface area contributed by atoms with Gasteiger partial charge < -0.3 is 9.64 Å². The Hall–Kier alpha value is -1.10. The molecule has 1 aromatic rings. The van der Waals surface area contributed by atoms with Crippen molar-refractivity contribution in [3.05, 3.63) is 11.1 Å². The van der Waals surface area contributed by atoms with Crippen molar-refractivity contribution in [2.75, 3.05) is 25.1 Å². The molecule has 1 aliphatic rings. The van der Waals surface area contributed by atoms with Crippen molar-refractivity contribution in [3.63, 3.8) is 0 Å². The van der Waals surface area contributed by atoms with Crippen molar-refractivity contribution in [2.45, 2.75) is 19.8 Å². The summed E-state index contributed by atoms with van der Waals surface area (Å²) in [5.74, 6) is 0.505. The van der Waals surface area contributed by atoms with E-state index in [1.807, 2.05) is 0 Å². The molecule has 2 heterocycles. The SMILES string of the molecule is COC(=O)c1cnc(N2CCC(C)CC2)s1. The van der Waals surface area contributed by atoms with Crippen LogP contribution in [0.1, 0.15) is 29.4 Å². The Morgan fingerprint density at radius 1 is 1.56 bits per heavy atom. The Labute approximate surface area is 99.2 Å². The third kappa shape index (κ3) is 2.35. The molecule has 0 aliphatic carbocycles. The van der Waals surface area contributed by atoms with Gasteiger partial charge in [0.05, 0.1) is 13.3 Å². The van der Waals surface area contributed by atoms with Crippen LogP contribution in [0.25, 0.3) is 0 Å². The number of nitrogens with zero attached hydrogens (tertiary/aromatic N) is 2. The van der Waals surface area contributed by atoms with Gasteiger partial charge in [-0.1, -0.05) is 18.3 Å². The highest BCUT2D eigenvalue weighted by Crippen LogP contribution is 2.27. The lowest BCUT2D eigenvalue weighted by Crippen LogP contribution is -2.32. The minimum absolute atomic E-state index is 0.297. The number of hydrogen-bond acceptors (Lipinski definition) is 5. The fourth-order valence-corrected chi connectivity index (χ4v) is 2.69. The summed E-state index contributed by atoms with van der Waals surface area (Å²) in [6.07, 6.45) is 4.00. The number of piperidine rings is 1. The van der Waals surface area contributed by atoms with E-state index >= 15 is 0 Å². The molecule has 4 nitrogen and oxygen atoms in total. The number of thiazole rings is 1. The van der Waals surface area contributed by atoms with Crippen LogP contribution in [-0.2, 0) is 4.74 Å². The molecular formula is C11H16N2O2S. The van der Waals surface area contributed by atoms with Crippen LogP contribution in [-0.4, -0.2) is 31.2 Å². The Kier molecular flexibility index (Phi) is 3.43. The second-order valence-electron chi connectivity index (χ2n) is 4.17. The molecule has 0 unspecified atom stereocenters. The standard InChI is InChI=1S/C11H16N2O2S/c1-8-3-5-13(6-4-8)11-12-7-9(16-11)10(14)15-2/h7-8H,3-6H2,1-2H3. The predicted octanol–water partition coefficient (Wildman–Crippen LogP) is 2.17. The highest BCUT2D eigenvalue weighted by Gasteiger charge is 2.19. The van der Waals surface area contributed by atoms with Gasteiger partial charge in [0.25, 0.3) is 0 Å². The van der Waals surface area contributed by atoms with E-state index in [0.29, 0.717) is 4.88 Å². The van der Waals surface area contributed by atoms with E-state index in [0.717, 1.165) is 24.1 Å². The second-order valence-corrected chi connectivity index (χ2v) is 5.18. The molecule has 16 heavy (non-hydrogen) atoms. The largest absolute Gasteiger partial charge is 0.465 e. The molecule has 1 aliphatic heterocycles. The van der Waals surface area contributed by atoms with Crippen LogP contribution in [0.4, 0.5) is 5.13 Å². The normalized spacial score (nSPS) is 17.5. The summed E-state index contributed by atoms with van der Waals surface area (Å²) in [6.45, 7) is 4.35. The zero-order valence-corrected chi connectivity index (χ0v) is 10.4. The molecule has 2 rings (SSSR count). The first-order valence-corrected chi connectivity index (χ1v) is 6.31. The molecule has 0 saturated carbocycles. The molecule has 0 amide bonds. The number of hydrogen-bond donors (Lipinski definition) is 0. The molecule has 5 heteroatoms. The van der Waals surface area contributed by atoms with Gasteiger partial charge >= 0.3 is 5.97 Å². The zero-order chi connectivity index (χ0) is 11.5. The van der Waals surface area contributed by atoms with E-state index in [4.69, 9.17) is 0 Å². The minimum atomic E-state index is -0.297. The zero-order valence-electron chi connectivity index (χ0n) is 9.60. The molecule has 0 spiro atoms. The summed E-state index contributed by atoms with van der Waals surface area (Å²) >= 11 is 1.41. The number of esters is 1. The Balaban J connectivity index is 2.04. The Morgan fingerprint density at radius 2 is 2.25 bits per heavy atom. The highest BCUT2D eigenvalue weighted by molar-refractivity contribution is 7.17. The monoisotopic (exact) mass is 240 g/mol. The second kappa shape index (κ2) is 4.82. The van der Waals surface area contributed by atoms with Crippen LogP contribution in [0, 0.1) is 5.92 Å². The molecular weight excluding hydrogens is 224 g/mol. The lowest BCUT2D eigenvalue weighted by molar-refractivity contribution is 0.0606. The van der Waals surface area contributed by atoms with Gasteiger partial charge in [0.15, 0.2) is 5.13 Å². The maximum absolute atomic E-state index is 11.3. The highest BCUT2D eigenvalue weighted by atomic mass is 32.1. The maximum Gasteiger partial charge on any atom is 0.349 e. The van der Waals surface area contributed by atoms with E-state index in [-0.39, 0.29) is 5.97 Å². The fraction of sp³-hybridized carbons (Fsp3) is 0.636. The van der Waals surface area contributed by atoms with Crippen LogP contribution < -0.4 is 4.90 Å². The van der Waals surface area contributed by atoms with Crippen LogP contribution in [0.15, 0.2) is 6.20 Å². The summed E-state index contributed by atoms with van der Waals surface area (Å²) in [6, 6.07) is 0. The lowest BCUT2D eigenvalue weighted by atomic mass is 10.00. The van der Waals surface area contributed by atoms with E-state index in [1.54, 1.807) is 6.20 Å². The number of aromatic nitrogens is 1. The van der Waals surface area contributed by atoms with Crippen molar-refractivity contribution >= 4 is 22.4 Å². The lowest BCUT2D eigenvalue weighted by Gasteiger charge is -2.29. The average molecular weight is 240 g/mol. The molecule has 0 aromatic carbocycles. The fourth-order valence-electron chi connectivity index (χ4n) is 1.81. The van der Waals surface area contributed by atoms with Gasteiger partial charge in [0, 0.05) is 13.1 Å². The number of carbonyl (C=O) groups is 1. The quantitative estimate of drug-likeness (QED) is 0.743. The molecule has 0 atom stereocenters. The number of rotatable bonds is 2. The summed E-state index contributed by atoms with van der Waals surface area (Å²) in [4.78, 5) is 18.4. The van der Waals surface area contributed by atoms with Gasteiger partial charge in [-0.05, 0) is 18.8 Å². The van der Waals surface area contributed by atoms with Crippen molar-refractivity contribution in [2.24, 2.45) is 5.92 Å². The van der Waals surface area contributed by atoms with Crippen molar-refractivity contribution in [1.82, 2.24) is 4.98 Å². The molecule has 1 saturated heterocycles. The first-order valence-electron chi connectivity index (χ1n) is 5.50. The number of methoxy groups -OCH3 is 1. The minimum Gasteiger partial charge on any atom is -0.465 e. The third-order valence-corrected chi connectivity index (χ3v) is 3.97.